The van der Waals surface area contributed by atoms with E-state index in [1.54, 1.807) is 0 Å². The molecule has 3 aromatic carbocycles. The maximum Gasteiger partial charge on any atom is 0.127 e. The molecule has 1 atom stereocenters. The monoisotopic (exact) mass is 393 g/mol. The van der Waals surface area contributed by atoms with Gasteiger partial charge in [-0.05, 0) is 42.8 Å². The maximum absolute atomic E-state index is 2.36. The van der Waals surface area contributed by atoms with E-state index < -0.39 is 6.95 Å². The molecule has 0 nitrogen and oxygen atoms in total. The smallest absolute Gasteiger partial charge is 0.0654 e. The number of benzene rings is 3. The van der Waals surface area contributed by atoms with Gasteiger partial charge in [0.25, 0.3) is 0 Å². The van der Waals surface area contributed by atoms with Crippen LogP contribution in [-0.2, 0) is 0 Å². The molecule has 0 N–H and O–H groups in total. The lowest BCUT2D eigenvalue weighted by atomic mass is 10.2. The van der Waals surface area contributed by atoms with Crippen molar-refractivity contribution in [1.82, 2.24) is 0 Å². The van der Waals surface area contributed by atoms with Gasteiger partial charge in [-0.25, -0.2) is 0 Å². The molecule has 0 radical (unpaired) electrons. The van der Waals surface area contributed by atoms with Crippen LogP contribution in [0.15, 0.2) is 91.0 Å². The third kappa shape index (κ3) is 5.07. The molecule has 0 aliphatic heterocycles. The number of rotatable bonds is 10. The van der Waals surface area contributed by atoms with Crippen LogP contribution >= 0.6 is 15.2 Å². The average molecular weight is 393 g/mol. The fraction of sp³-hybridized carbons (Fsp3) is 0.280. The molecule has 0 bridgehead atoms. The van der Waals surface area contributed by atoms with Crippen molar-refractivity contribution in [2.45, 2.75) is 39.0 Å². The number of unbranched alkanes of at least 4 members (excludes halogenated alkanes) is 4. The van der Waals surface area contributed by atoms with Crippen LogP contribution in [-0.4, -0.2) is 6.16 Å². The number of hydrogen-bond donors (Lipinski definition) is 0. The van der Waals surface area contributed by atoms with Gasteiger partial charge in [-0.15, -0.1) is 0 Å². The highest BCUT2D eigenvalue weighted by Gasteiger charge is 2.44. The van der Waals surface area contributed by atoms with E-state index in [9.17, 15) is 0 Å². The molecule has 0 aliphatic rings. The highest BCUT2D eigenvalue weighted by atomic mass is 32.1. The minimum Gasteiger partial charge on any atom is -0.0654 e. The van der Waals surface area contributed by atoms with Crippen molar-refractivity contribution in [2.75, 3.05) is 6.16 Å². The molecule has 0 fully saturated rings. The van der Waals surface area contributed by atoms with E-state index in [0.717, 1.165) is 8.27 Å². The Kier molecular flexibility index (Phi) is 8.07. The summed E-state index contributed by atoms with van der Waals surface area (Å²) in [5, 5.41) is 4.57. The molecule has 2 heteroatoms. The largest absolute Gasteiger partial charge is 0.127 e. The van der Waals surface area contributed by atoms with Crippen LogP contribution in [0.3, 0.4) is 0 Å². The summed E-state index contributed by atoms with van der Waals surface area (Å²) >= 11 is 0. The molecule has 3 rings (SSSR count). The lowest BCUT2D eigenvalue weighted by Gasteiger charge is -2.27. The predicted molar refractivity (Wildman–Crippen MR) is 127 cm³/mol. The fourth-order valence-corrected chi connectivity index (χ4v) is 12.2. The summed E-state index contributed by atoms with van der Waals surface area (Å²) < 4.78 is 0. The molecule has 0 spiro atoms. The van der Waals surface area contributed by atoms with Gasteiger partial charge in [-0.1, -0.05) is 87.2 Å². The van der Waals surface area contributed by atoms with Crippen LogP contribution in [0.4, 0.5) is 0 Å². The Hall–Kier alpha value is -1.48. The normalized spacial score (nSPS) is 11.9. The molecule has 0 heterocycles. The van der Waals surface area contributed by atoms with E-state index in [0.29, 0.717) is 0 Å². The zero-order valence-electron chi connectivity index (χ0n) is 16.4. The highest BCUT2D eigenvalue weighted by Crippen LogP contribution is 2.71. The summed E-state index contributed by atoms with van der Waals surface area (Å²) in [4.78, 5) is 0. The molecule has 0 saturated carbocycles. The lowest BCUT2D eigenvalue weighted by Crippen LogP contribution is -2.28. The van der Waals surface area contributed by atoms with Gasteiger partial charge in [0.15, 0.2) is 0 Å². The van der Waals surface area contributed by atoms with E-state index in [1.165, 1.54) is 54.2 Å². The van der Waals surface area contributed by atoms with Gasteiger partial charge in [0.2, 0.25) is 0 Å². The fourth-order valence-electron chi connectivity index (χ4n) is 3.65. The number of hydrogen-bond acceptors (Lipinski definition) is 0. The van der Waals surface area contributed by atoms with Gasteiger partial charge in [0.1, 0.15) is 22.9 Å². The van der Waals surface area contributed by atoms with Crippen molar-refractivity contribution in [2.24, 2.45) is 0 Å². The molecule has 0 amide bonds. The SMILES string of the molecule is CCCCCCCP[P+](c1ccccc1)(c1ccccc1)c1ccccc1. The lowest BCUT2D eigenvalue weighted by molar-refractivity contribution is 0.659. The Labute approximate surface area is 167 Å². The van der Waals surface area contributed by atoms with Crippen molar-refractivity contribution in [3.8, 4) is 0 Å². The first-order valence-electron chi connectivity index (χ1n) is 10.2. The molecule has 140 valence electrons. The Bertz CT molecular complexity index is 673. The van der Waals surface area contributed by atoms with Crippen LogP contribution in [0.25, 0.3) is 0 Å². The van der Waals surface area contributed by atoms with Crippen molar-refractivity contribution in [3.63, 3.8) is 0 Å². The second kappa shape index (κ2) is 10.8. The summed E-state index contributed by atoms with van der Waals surface area (Å²) in [6, 6.07) is 33.8. The summed E-state index contributed by atoms with van der Waals surface area (Å²) in [5.74, 6) is 0. The Morgan fingerprint density at radius 1 is 0.556 bits per heavy atom. The van der Waals surface area contributed by atoms with Crippen molar-refractivity contribution < 1.29 is 0 Å². The summed E-state index contributed by atoms with van der Waals surface area (Å²) in [5.41, 5.74) is 0. The van der Waals surface area contributed by atoms with Crippen LogP contribution in [0.5, 0.6) is 0 Å². The Morgan fingerprint density at radius 2 is 0.963 bits per heavy atom. The minimum atomic E-state index is -1.58. The molecule has 1 unspecified atom stereocenters. The first-order chi connectivity index (χ1) is 13.4. The van der Waals surface area contributed by atoms with Gasteiger partial charge < -0.3 is 0 Å². The maximum atomic E-state index is 2.36. The third-order valence-electron chi connectivity index (χ3n) is 5.06. The standard InChI is InChI=1S/C25H31P2/c1-2-3-4-5-15-22-26-27(23-16-9-6-10-17-23,24-18-11-7-12-19-24)25-20-13-8-14-21-25/h6-14,16-21,26H,2-5,15,22H2,1H3/q+1. The first kappa shape index (κ1) is 20.3. The van der Waals surface area contributed by atoms with Crippen molar-refractivity contribution in [1.29, 1.82) is 0 Å². The zero-order chi connectivity index (χ0) is 18.8. The zero-order valence-corrected chi connectivity index (χ0v) is 18.2. The van der Waals surface area contributed by atoms with Gasteiger partial charge in [-0.3, -0.25) is 0 Å². The molecular formula is C25H31P2+. The van der Waals surface area contributed by atoms with Crippen LogP contribution in [0.1, 0.15) is 39.0 Å². The Balaban J connectivity index is 1.98. The van der Waals surface area contributed by atoms with E-state index in [-0.39, 0.29) is 0 Å². The molecule has 0 aromatic heterocycles. The van der Waals surface area contributed by atoms with Crippen LogP contribution < -0.4 is 15.9 Å². The van der Waals surface area contributed by atoms with Crippen LogP contribution in [0.2, 0.25) is 0 Å². The quantitative estimate of drug-likeness (QED) is 0.271. The van der Waals surface area contributed by atoms with E-state index in [1.807, 2.05) is 0 Å². The third-order valence-corrected chi connectivity index (χ3v) is 13.7. The minimum absolute atomic E-state index is 0.949. The average Bonchev–Trinajstić information content (AvgIpc) is 2.75. The second-order valence-electron chi connectivity index (χ2n) is 7.00. The Morgan fingerprint density at radius 3 is 1.37 bits per heavy atom. The summed E-state index contributed by atoms with van der Waals surface area (Å²) in [6.45, 7) is 0.709. The van der Waals surface area contributed by atoms with E-state index in [4.69, 9.17) is 0 Å². The van der Waals surface area contributed by atoms with Crippen LogP contribution in [0, 0.1) is 0 Å². The molecule has 0 aliphatic carbocycles. The highest BCUT2D eigenvalue weighted by molar-refractivity contribution is 8.42. The topological polar surface area (TPSA) is 0 Å². The second-order valence-corrected chi connectivity index (χ2v) is 13.7. The molecule has 0 saturated heterocycles. The molecule has 27 heavy (non-hydrogen) atoms. The van der Waals surface area contributed by atoms with Gasteiger partial charge >= 0.3 is 0 Å². The molecular weight excluding hydrogens is 362 g/mol. The van der Waals surface area contributed by atoms with Gasteiger partial charge in [0.05, 0.1) is 8.27 Å². The summed E-state index contributed by atoms with van der Waals surface area (Å²) in [6.07, 6.45) is 8.13. The predicted octanol–water partition coefficient (Wildman–Crippen LogP) is 6.54. The van der Waals surface area contributed by atoms with Crippen molar-refractivity contribution in [3.05, 3.63) is 91.0 Å². The molecule has 3 aromatic rings. The van der Waals surface area contributed by atoms with Crippen molar-refractivity contribution >= 4 is 31.1 Å². The van der Waals surface area contributed by atoms with Gasteiger partial charge in [0, 0.05) is 6.16 Å². The summed E-state index contributed by atoms with van der Waals surface area (Å²) in [7, 11) is 0.949. The first-order valence-corrected chi connectivity index (χ1v) is 14.0. The van der Waals surface area contributed by atoms with Gasteiger partial charge in [-0.2, -0.15) is 0 Å². The van der Waals surface area contributed by atoms with E-state index in [2.05, 4.69) is 97.9 Å². The van der Waals surface area contributed by atoms with E-state index >= 15 is 0 Å².